The van der Waals surface area contributed by atoms with Crippen LogP contribution >= 0.6 is 0 Å². The van der Waals surface area contributed by atoms with Crippen molar-refractivity contribution in [1.82, 2.24) is 15.3 Å². The molecule has 1 aromatic carbocycles. The van der Waals surface area contributed by atoms with Gasteiger partial charge in [-0.1, -0.05) is 37.3 Å². The number of rotatable bonds is 12. The molecule has 0 radical (unpaired) electrons. The van der Waals surface area contributed by atoms with Crippen LogP contribution in [0.25, 0.3) is 0 Å². The summed E-state index contributed by atoms with van der Waals surface area (Å²) in [5.41, 5.74) is 3.83. The van der Waals surface area contributed by atoms with Crippen LogP contribution in [0.2, 0.25) is 0 Å². The number of benzene rings is 1. The van der Waals surface area contributed by atoms with E-state index in [1.807, 2.05) is 37.3 Å². The van der Waals surface area contributed by atoms with Crippen molar-refractivity contribution in [3.05, 3.63) is 35.9 Å². The molecule has 1 unspecified atom stereocenters. The Morgan fingerprint density at radius 3 is 2.62 bits per heavy atom. The third-order valence-corrected chi connectivity index (χ3v) is 5.54. The number of carbonyl (C=O) groups is 3. The Bertz CT molecular complexity index is 745. The summed E-state index contributed by atoms with van der Waals surface area (Å²) in [7, 11) is 0. The fourth-order valence-corrected chi connectivity index (χ4v) is 3.78. The van der Waals surface area contributed by atoms with E-state index in [4.69, 9.17) is 9.47 Å². The van der Waals surface area contributed by atoms with Crippen LogP contribution in [0.1, 0.15) is 39.2 Å². The number of carbonyl (C=O) groups excluding carboxylic acids is 2. The fraction of sp³-hybridized carbons (Fsp3) is 0.609. The van der Waals surface area contributed by atoms with Crippen molar-refractivity contribution in [3.63, 3.8) is 0 Å². The lowest BCUT2D eigenvalue weighted by Gasteiger charge is -2.39. The van der Waals surface area contributed by atoms with E-state index >= 15 is 0 Å². The van der Waals surface area contributed by atoms with Gasteiger partial charge in [-0.25, -0.2) is 10.4 Å². The minimum atomic E-state index is -1.09. The Hall–Kier alpha value is -2.49. The molecule has 1 amide bonds. The molecule has 1 fully saturated rings. The Morgan fingerprint density at radius 1 is 1.28 bits per heavy atom. The first kappa shape index (κ1) is 25.8. The van der Waals surface area contributed by atoms with Gasteiger partial charge in [-0.2, -0.15) is 0 Å². The first-order chi connectivity index (χ1) is 15.4. The number of nitrogens with one attached hydrogen (secondary N) is 1. The third kappa shape index (κ3) is 7.58. The molecule has 9 heteroatoms. The number of aliphatic carboxylic acids is 1. The molecular formula is C23H35N3O6. The van der Waals surface area contributed by atoms with E-state index in [0.717, 1.165) is 12.0 Å². The lowest BCUT2D eigenvalue weighted by Crippen LogP contribution is -2.61. The first-order valence-electron chi connectivity index (χ1n) is 11.2. The summed E-state index contributed by atoms with van der Waals surface area (Å²) in [6.07, 6.45) is 1.71. The summed E-state index contributed by atoms with van der Waals surface area (Å²) >= 11 is 0. The molecule has 32 heavy (non-hydrogen) atoms. The quantitative estimate of drug-likeness (QED) is 0.365. The molecule has 0 spiro atoms. The van der Waals surface area contributed by atoms with Crippen molar-refractivity contribution in [2.75, 3.05) is 32.8 Å². The van der Waals surface area contributed by atoms with Gasteiger partial charge in [0.1, 0.15) is 18.6 Å². The van der Waals surface area contributed by atoms with Crippen molar-refractivity contribution >= 4 is 17.8 Å². The maximum Gasteiger partial charge on any atom is 0.324 e. The molecule has 0 bridgehead atoms. The molecule has 1 aliphatic rings. The van der Waals surface area contributed by atoms with E-state index in [0.29, 0.717) is 32.5 Å². The van der Waals surface area contributed by atoms with Gasteiger partial charge in [0.15, 0.2) is 0 Å². The number of hydrazine groups is 1. The minimum Gasteiger partial charge on any atom is -0.480 e. The maximum absolute atomic E-state index is 13.3. The number of carboxylic acid groups (broad SMARTS) is 1. The van der Waals surface area contributed by atoms with E-state index in [1.165, 1.54) is 5.01 Å². The minimum absolute atomic E-state index is 0.0285. The van der Waals surface area contributed by atoms with Crippen molar-refractivity contribution in [3.8, 4) is 0 Å². The van der Waals surface area contributed by atoms with Crippen molar-refractivity contribution in [1.29, 1.82) is 0 Å². The highest BCUT2D eigenvalue weighted by molar-refractivity contribution is 5.83. The lowest BCUT2D eigenvalue weighted by atomic mass is 10.0. The molecule has 1 heterocycles. The summed E-state index contributed by atoms with van der Waals surface area (Å²) < 4.78 is 10.9. The fourth-order valence-electron chi connectivity index (χ4n) is 3.78. The number of hydrogen-bond acceptors (Lipinski definition) is 7. The molecule has 3 atom stereocenters. The zero-order chi connectivity index (χ0) is 23.5. The zero-order valence-corrected chi connectivity index (χ0v) is 19.2. The van der Waals surface area contributed by atoms with Crippen LogP contribution in [-0.2, 0) is 30.3 Å². The molecule has 0 aromatic heterocycles. The van der Waals surface area contributed by atoms with Crippen molar-refractivity contribution in [2.24, 2.45) is 0 Å². The molecule has 178 valence electrons. The molecule has 9 nitrogen and oxygen atoms in total. The standard InChI is InChI=1S/C23H35N3O6/c1-4-19-16-25(13-14-32-19)22(29)17(3)26(24-15-21(27)28)20(23(30)31-5-2)12-11-18-9-7-6-8-10-18/h6-10,17,19-20,24H,4-5,11-16H2,1-3H3,(H,27,28)/t17-,19?,20-/m0/s1. The summed E-state index contributed by atoms with van der Waals surface area (Å²) in [5.74, 6) is -1.76. The van der Waals surface area contributed by atoms with Gasteiger partial charge in [-0.05, 0) is 38.7 Å². The number of amides is 1. The summed E-state index contributed by atoms with van der Waals surface area (Å²) in [4.78, 5) is 39.1. The van der Waals surface area contributed by atoms with Crippen LogP contribution in [-0.4, -0.2) is 83.9 Å². The second kappa shape index (κ2) is 13.1. The van der Waals surface area contributed by atoms with Gasteiger partial charge in [0, 0.05) is 13.1 Å². The number of aryl methyl sites for hydroxylation is 1. The van der Waals surface area contributed by atoms with E-state index in [9.17, 15) is 19.5 Å². The Balaban J connectivity index is 2.23. The number of hydrogen-bond donors (Lipinski definition) is 2. The monoisotopic (exact) mass is 449 g/mol. The largest absolute Gasteiger partial charge is 0.480 e. The molecule has 1 aliphatic heterocycles. The molecule has 2 rings (SSSR count). The Morgan fingerprint density at radius 2 is 2.00 bits per heavy atom. The molecule has 1 aromatic rings. The number of ether oxygens (including phenoxy) is 2. The van der Waals surface area contributed by atoms with Gasteiger partial charge in [-0.15, -0.1) is 0 Å². The van der Waals surface area contributed by atoms with E-state index < -0.39 is 30.6 Å². The van der Waals surface area contributed by atoms with Crippen molar-refractivity contribution < 1.29 is 29.0 Å². The average Bonchev–Trinajstić information content (AvgIpc) is 2.80. The normalized spacial score (nSPS) is 18.2. The number of morpholine rings is 1. The molecule has 2 N–H and O–H groups in total. The number of esters is 1. The van der Waals surface area contributed by atoms with Crippen LogP contribution < -0.4 is 5.43 Å². The highest BCUT2D eigenvalue weighted by Crippen LogP contribution is 2.17. The molecule has 1 saturated heterocycles. The highest BCUT2D eigenvalue weighted by atomic mass is 16.5. The molecule has 0 saturated carbocycles. The summed E-state index contributed by atoms with van der Waals surface area (Å²) in [6, 6.07) is 8.09. The van der Waals surface area contributed by atoms with Crippen LogP contribution in [0.4, 0.5) is 0 Å². The molecular weight excluding hydrogens is 414 g/mol. The van der Waals surface area contributed by atoms with Gasteiger partial charge >= 0.3 is 11.9 Å². The van der Waals surface area contributed by atoms with E-state index in [-0.39, 0.29) is 18.6 Å². The predicted octanol–water partition coefficient (Wildman–Crippen LogP) is 1.47. The van der Waals surface area contributed by atoms with E-state index in [1.54, 1.807) is 18.7 Å². The van der Waals surface area contributed by atoms with Gasteiger partial charge < -0.3 is 19.5 Å². The van der Waals surface area contributed by atoms with Gasteiger partial charge in [-0.3, -0.25) is 14.4 Å². The second-order valence-corrected chi connectivity index (χ2v) is 7.79. The van der Waals surface area contributed by atoms with Crippen molar-refractivity contribution in [2.45, 2.75) is 58.2 Å². The van der Waals surface area contributed by atoms with Crippen LogP contribution in [0.5, 0.6) is 0 Å². The smallest absolute Gasteiger partial charge is 0.324 e. The Kier molecular flexibility index (Phi) is 10.6. The van der Waals surface area contributed by atoms with E-state index in [2.05, 4.69) is 5.43 Å². The first-order valence-corrected chi connectivity index (χ1v) is 11.2. The number of carboxylic acids is 1. The summed E-state index contributed by atoms with van der Waals surface area (Å²) in [5, 5.41) is 10.7. The average molecular weight is 450 g/mol. The van der Waals surface area contributed by atoms with Crippen LogP contribution in [0.15, 0.2) is 30.3 Å². The molecule has 0 aliphatic carbocycles. The zero-order valence-electron chi connectivity index (χ0n) is 19.2. The Labute approximate surface area is 189 Å². The van der Waals surface area contributed by atoms with Gasteiger partial charge in [0.2, 0.25) is 5.91 Å². The number of nitrogens with zero attached hydrogens (tertiary/aromatic N) is 2. The van der Waals surface area contributed by atoms with Gasteiger partial charge in [0.05, 0.1) is 19.3 Å². The highest BCUT2D eigenvalue weighted by Gasteiger charge is 2.37. The summed E-state index contributed by atoms with van der Waals surface area (Å²) in [6.45, 7) is 6.56. The third-order valence-electron chi connectivity index (χ3n) is 5.54. The lowest BCUT2D eigenvalue weighted by molar-refractivity contribution is -0.159. The second-order valence-electron chi connectivity index (χ2n) is 7.79. The van der Waals surface area contributed by atoms with Gasteiger partial charge in [0.25, 0.3) is 0 Å². The van der Waals surface area contributed by atoms with Crippen LogP contribution in [0.3, 0.4) is 0 Å². The van der Waals surface area contributed by atoms with Crippen LogP contribution in [0, 0.1) is 0 Å². The SMILES string of the molecule is CCOC(=O)[C@H](CCc1ccccc1)N(NCC(=O)O)[C@@H](C)C(=O)N1CCOC(CC)C1. The predicted molar refractivity (Wildman–Crippen MR) is 119 cm³/mol. The maximum atomic E-state index is 13.3. The topological polar surface area (TPSA) is 108 Å².